The van der Waals surface area contributed by atoms with Crippen LogP contribution >= 0.6 is 32.3 Å². The summed E-state index contributed by atoms with van der Waals surface area (Å²) in [5.74, 6) is 1.10. The number of benzene rings is 2. The van der Waals surface area contributed by atoms with Crippen LogP contribution in [0.2, 0.25) is 0 Å². The van der Waals surface area contributed by atoms with E-state index >= 15 is 0 Å². The molecule has 5 rings (SSSR count). The number of phenolic OH excluding ortho intramolecular Hbond substituents is 1. The zero-order chi connectivity index (χ0) is 22.8. The summed E-state index contributed by atoms with van der Waals surface area (Å²) in [6, 6.07) is 18.8. The monoisotopic (exact) mass is 563 g/mol. The molecule has 2 radical (unpaired) electrons. The number of amides is 1. The molecule has 0 atom stereocenters. The molecule has 5 nitrogen and oxygen atoms in total. The van der Waals surface area contributed by atoms with Crippen LogP contribution in [-0.4, -0.2) is 26.0 Å². The van der Waals surface area contributed by atoms with E-state index in [1.807, 2.05) is 66.1 Å². The summed E-state index contributed by atoms with van der Waals surface area (Å²) in [6.45, 7) is 0.618. The van der Waals surface area contributed by atoms with E-state index in [2.05, 4.69) is 23.8 Å². The van der Waals surface area contributed by atoms with Crippen LogP contribution < -0.4 is 10.6 Å². The Morgan fingerprint density at radius 1 is 1.06 bits per heavy atom. The molecule has 162 valence electrons. The molecular formula is C25H19BIN3O2S. The summed E-state index contributed by atoms with van der Waals surface area (Å²) in [6.07, 6.45) is 4.09. The van der Waals surface area contributed by atoms with Crippen molar-refractivity contribution in [1.29, 1.82) is 0 Å². The van der Waals surface area contributed by atoms with E-state index in [-0.39, 0.29) is 32.7 Å². The van der Waals surface area contributed by atoms with Gasteiger partial charge >= 0.3 is 0 Å². The van der Waals surface area contributed by atoms with Gasteiger partial charge in [0, 0.05) is 44.5 Å². The van der Waals surface area contributed by atoms with E-state index in [1.165, 1.54) is 11.3 Å². The van der Waals surface area contributed by atoms with Crippen LogP contribution in [0.5, 0.6) is 5.75 Å². The molecule has 0 bridgehead atoms. The lowest BCUT2D eigenvalue weighted by atomic mass is 9.92. The molecule has 0 spiro atoms. The minimum Gasteiger partial charge on any atom is -0.507 e. The third-order valence-corrected chi connectivity index (χ3v) is 8.63. The third-order valence-electron chi connectivity index (χ3n) is 5.21. The van der Waals surface area contributed by atoms with Gasteiger partial charge in [-0.3, -0.25) is 7.91 Å². The van der Waals surface area contributed by atoms with Crippen molar-refractivity contribution < 1.29 is 9.90 Å². The third kappa shape index (κ3) is 4.67. The van der Waals surface area contributed by atoms with Crippen molar-refractivity contribution in [2.75, 3.05) is 5.32 Å². The quantitative estimate of drug-likeness (QED) is 0.222. The number of rotatable bonds is 6. The van der Waals surface area contributed by atoms with Crippen molar-refractivity contribution in [1.82, 2.24) is 8.43 Å². The highest BCUT2D eigenvalue weighted by molar-refractivity contribution is 14.2. The van der Waals surface area contributed by atoms with E-state index < -0.39 is 0 Å². The number of fused-ring (bicyclic) bond motifs is 1. The zero-order valence-corrected chi connectivity index (χ0v) is 20.4. The second-order valence-electron chi connectivity index (χ2n) is 7.46. The minimum atomic E-state index is -0.389. The first-order valence-electron chi connectivity index (χ1n) is 10.2. The Balaban J connectivity index is 1.31. The van der Waals surface area contributed by atoms with Crippen LogP contribution in [-0.2, 0) is 6.54 Å². The molecular weight excluding hydrogens is 544 g/mol. The maximum Gasteiger partial charge on any atom is 0.265 e. The second kappa shape index (κ2) is 9.40. The predicted molar refractivity (Wildman–Crippen MR) is 144 cm³/mol. The van der Waals surface area contributed by atoms with Gasteiger partial charge in [0.1, 0.15) is 19.4 Å². The first kappa shape index (κ1) is 21.7. The molecule has 33 heavy (non-hydrogen) atoms. The summed E-state index contributed by atoms with van der Waals surface area (Å²) in [5, 5.41) is 18.7. The molecule has 2 aliphatic heterocycles. The average Bonchev–Trinajstić information content (AvgIpc) is 3.49. The maximum absolute atomic E-state index is 12.2. The Bertz CT molecular complexity index is 1330. The summed E-state index contributed by atoms with van der Waals surface area (Å²) in [4.78, 5) is 12.9. The molecule has 2 aromatic carbocycles. The van der Waals surface area contributed by atoms with Crippen LogP contribution in [0.4, 0.5) is 5.69 Å². The number of hydrogen-bond donors (Lipinski definition) is 3. The molecule has 0 saturated heterocycles. The van der Waals surface area contributed by atoms with Crippen LogP contribution in [0.25, 0.3) is 5.57 Å². The molecule has 0 aliphatic carbocycles. The van der Waals surface area contributed by atoms with Crippen LogP contribution in [0.1, 0.15) is 20.8 Å². The van der Waals surface area contributed by atoms with Gasteiger partial charge < -0.3 is 15.7 Å². The zero-order valence-electron chi connectivity index (χ0n) is 17.5. The normalized spacial score (nSPS) is 14.8. The van der Waals surface area contributed by atoms with E-state index in [4.69, 9.17) is 7.85 Å². The molecule has 8 heteroatoms. The summed E-state index contributed by atoms with van der Waals surface area (Å²) in [5.41, 5.74) is 5.27. The first-order chi connectivity index (χ1) is 16.1. The number of phenols is 1. The number of halogens is 1. The number of para-hydroxylation sites is 1. The van der Waals surface area contributed by atoms with Gasteiger partial charge in [-0.1, -0.05) is 41.9 Å². The fourth-order valence-electron chi connectivity index (χ4n) is 3.53. The largest absolute Gasteiger partial charge is 0.507 e. The number of hydrogen-bond acceptors (Lipinski definition) is 5. The van der Waals surface area contributed by atoms with Gasteiger partial charge in [0.15, 0.2) is 0 Å². The maximum atomic E-state index is 12.2. The molecule has 3 aromatic rings. The minimum absolute atomic E-state index is 0.0992. The number of aromatic hydroxyl groups is 1. The van der Waals surface area contributed by atoms with Gasteiger partial charge in [0.05, 0.1) is 4.88 Å². The number of nitrogens with one attached hydrogen (secondary N) is 2. The number of allylic oxidation sites excluding steroid dienone is 4. The number of thiophene rings is 1. The summed E-state index contributed by atoms with van der Waals surface area (Å²) < 4.78 is 4.33. The summed E-state index contributed by atoms with van der Waals surface area (Å²) >= 11 is 1.03. The van der Waals surface area contributed by atoms with Gasteiger partial charge in [0.2, 0.25) is 0 Å². The lowest BCUT2D eigenvalue weighted by molar-refractivity contribution is 0.103. The topological polar surface area (TPSA) is 64.6 Å². The van der Waals surface area contributed by atoms with Crippen molar-refractivity contribution in [3.63, 3.8) is 0 Å². The van der Waals surface area contributed by atoms with E-state index in [0.29, 0.717) is 11.4 Å². The predicted octanol–water partition coefficient (Wildman–Crippen LogP) is 5.12. The van der Waals surface area contributed by atoms with Crippen LogP contribution in [0.15, 0.2) is 95.2 Å². The van der Waals surface area contributed by atoms with E-state index in [1.54, 1.807) is 6.07 Å². The lowest BCUT2D eigenvalue weighted by Gasteiger charge is -2.27. The lowest BCUT2D eigenvalue weighted by Crippen LogP contribution is -2.25. The molecule has 0 saturated carbocycles. The second-order valence-corrected chi connectivity index (χ2v) is 10.5. The van der Waals surface area contributed by atoms with Crippen LogP contribution in [0, 0.1) is 0 Å². The molecule has 3 N–H and O–H groups in total. The van der Waals surface area contributed by atoms with Crippen molar-refractivity contribution in [3.05, 3.63) is 111 Å². The van der Waals surface area contributed by atoms with Gasteiger partial charge in [-0.05, 0) is 56.9 Å². The SMILES string of the molecule is [B]C1=C2C=C(c3ccccc3O)C=C(NCc3ccc(NC(=O)c4cccs4)cc3)N2I=C1. The summed E-state index contributed by atoms with van der Waals surface area (Å²) in [7, 11) is 6.24. The van der Waals surface area contributed by atoms with Gasteiger partial charge in [0.25, 0.3) is 5.91 Å². The highest BCUT2D eigenvalue weighted by Gasteiger charge is 2.23. The van der Waals surface area contributed by atoms with E-state index in [0.717, 1.165) is 39.4 Å². The van der Waals surface area contributed by atoms with Crippen molar-refractivity contribution in [2.24, 2.45) is 0 Å². The molecule has 1 aromatic heterocycles. The van der Waals surface area contributed by atoms with E-state index in [9.17, 15) is 9.90 Å². The van der Waals surface area contributed by atoms with Crippen LogP contribution in [0.3, 0.4) is 0 Å². The highest BCUT2D eigenvalue weighted by atomic mass is 127. The molecule has 1 amide bonds. The Morgan fingerprint density at radius 2 is 1.88 bits per heavy atom. The Labute approximate surface area is 207 Å². The highest BCUT2D eigenvalue weighted by Crippen LogP contribution is 2.39. The van der Waals surface area contributed by atoms with Crippen molar-refractivity contribution >= 4 is 61.4 Å². The van der Waals surface area contributed by atoms with Gasteiger partial charge in [-0.15, -0.1) is 11.3 Å². The first-order valence-corrected chi connectivity index (χ1v) is 13.3. The molecule has 3 heterocycles. The average molecular weight is 563 g/mol. The fraction of sp³-hybridized carbons (Fsp3) is 0.0400. The standard InChI is InChI=1S/C25H19BIN3O2S/c26-20-14-27-30-21(20)12-17(19-4-1-2-5-22(19)31)13-24(30)28-15-16-7-9-18(10-8-16)29-25(32)23-6-3-11-33-23/h1-14,28,31H,15H2,(H,29,32). The number of carbonyl (C=O) groups is 1. The number of nitrogens with zero attached hydrogens (tertiary/aromatic N) is 1. The van der Waals surface area contributed by atoms with Gasteiger partial charge in [-0.25, -0.2) is 0 Å². The number of carbonyl (C=O) groups excluding carboxylic acids is 1. The molecule has 0 fully saturated rings. The number of anilines is 1. The fourth-order valence-corrected chi connectivity index (χ4v) is 6.38. The Morgan fingerprint density at radius 3 is 2.64 bits per heavy atom. The molecule has 0 unspecified atom stereocenters. The Kier molecular flexibility index (Phi) is 6.19. The van der Waals surface area contributed by atoms with Gasteiger partial charge in [-0.2, -0.15) is 0 Å². The Hall–Kier alpha value is -3.11. The van der Waals surface area contributed by atoms with Crippen molar-refractivity contribution in [2.45, 2.75) is 6.54 Å². The smallest absolute Gasteiger partial charge is 0.265 e. The molecule has 2 aliphatic rings. The van der Waals surface area contributed by atoms with Crippen molar-refractivity contribution in [3.8, 4) is 5.75 Å².